The molecule has 0 spiro atoms. The summed E-state index contributed by atoms with van der Waals surface area (Å²) in [6.07, 6.45) is 0.824. The van der Waals surface area contributed by atoms with E-state index in [9.17, 15) is 19.8 Å². The van der Waals surface area contributed by atoms with E-state index < -0.39 is 17.7 Å². The van der Waals surface area contributed by atoms with Crippen LogP contribution < -0.4 is 14.5 Å². The molecular weight excluding hydrogens is 480 g/mol. The zero-order valence-corrected chi connectivity index (χ0v) is 22.3. The first-order valence-electron chi connectivity index (χ1n) is 13.0. The third-order valence-corrected chi connectivity index (χ3v) is 6.75. The fourth-order valence-corrected chi connectivity index (χ4v) is 4.79. The third kappa shape index (κ3) is 5.09. The lowest BCUT2D eigenvalue weighted by molar-refractivity contribution is -0.132. The number of aryl methyl sites for hydroxylation is 1. The summed E-state index contributed by atoms with van der Waals surface area (Å²) in [5.41, 5.74) is 3.00. The highest BCUT2D eigenvalue weighted by Crippen LogP contribution is 2.45. The van der Waals surface area contributed by atoms with Gasteiger partial charge in [0, 0.05) is 24.3 Å². The lowest BCUT2D eigenvalue weighted by atomic mass is 9.94. The number of phenols is 1. The van der Waals surface area contributed by atoms with Gasteiger partial charge in [0.15, 0.2) is 0 Å². The maximum Gasteiger partial charge on any atom is 0.300 e. The number of benzene rings is 3. The predicted octanol–water partition coefficient (Wildman–Crippen LogP) is 5.96. The number of phenolic OH excluding ortho intramolecular Hbond substituents is 1. The van der Waals surface area contributed by atoms with Gasteiger partial charge in [0.2, 0.25) is 0 Å². The summed E-state index contributed by atoms with van der Waals surface area (Å²) in [6.45, 7) is 10.2. The number of ether oxygens (including phenoxy) is 1. The number of aliphatic hydroxyl groups excluding tert-OH is 1. The van der Waals surface area contributed by atoms with E-state index in [1.54, 1.807) is 36.4 Å². The van der Waals surface area contributed by atoms with Crippen LogP contribution in [0.2, 0.25) is 0 Å². The van der Waals surface area contributed by atoms with Crippen molar-refractivity contribution in [1.29, 1.82) is 0 Å². The van der Waals surface area contributed by atoms with Crippen molar-refractivity contribution < 1.29 is 24.5 Å². The van der Waals surface area contributed by atoms with Gasteiger partial charge in [0.25, 0.3) is 11.7 Å². The molecule has 0 bridgehead atoms. The second-order valence-electron chi connectivity index (χ2n) is 9.30. The van der Waals surface area contributed by atoms with Crippen LogP contribution in [0.25, 0.3) is 5.76 Å². The smallest absolute Gasteiger partial charge is 0.300 e. The van der Waals surface area contributed by atoms with Gasteiger partial charge in [0.1, 0.15) is 17.3 Å². The lowest BCUT2D eigenvalue weighted by Gasteiger charge is -2.27. The number of Topliss-reactive ketones (excluding diaryl/α,β-unsaturated/α-hetero) is 1. The summed E-state index contributed by atoms with van der Waals surface area (Å²) in [4.78, 5) is 30.4. The molecule has 1 amide bonds. The van der Waals surface area contributed by atoms with Crippen LogP contribution in [0.1, 0.15) is 49.9 Å². The number of amides is 1. The highest BCUT2D eigenvalue weighted by Gasteiger charge is 2.47. The first-order valence-corrected chi connectivity index (χ1v) is 13.0. The molecular formula is C31H34N2O5. The van der Waals surface area contributed by atoms with Crippen molar-refractivity contribution in [1.82, 2.24) is 0 Å². The molecule has 38 heavy (non-hydrogen) atoms. The summed E-state index contributed by atoms with van der Waals surface area (Å²) in [6, 6.07) is 18.4. The molecule has 1 aliphatic heterocycles. The number of ketones is 1. The topological polar surface area (TPSA) is 90.3 Å². The zero-order chi connectivity index (χ0) is 27.4. The molecule has 7 nitrogen and oxygen atoms in total. The van der Waals surface area contributed by atoms with Gasteiger partial charge in [-0.15, -0.1) is 0 Å². The number of aliphatic hydroxyl groups is 1. The summed E-state index contributed by atoms with van der Waals surface area (Å²) in [5.74, 6) is -1.50. The van der Waals surface area contributed by atoms with Crippen molar-refractivity contribution in [2.24, 2.45) is 0 Å². The Morgan fingerprint density at radius 1 is 0.974 bits per heavy atom. The second kappa shape index (κ2) is 11.4. The van der Waals surface area contributed by atoms with Gasteiger partial charge in [-0.05, 0) is 74.7 Å². The standard InChI is InChI=1S/C31H34N2O5/c1-5-17-38-24-10-8-9-22(19-24)29(35)27-28(21-12-14-23(15-13-21)32(6-2)7-3)33(31(37)30(27)36)25-18-20(4)11-16-26(25)34/h8-16,18-19,28,34-35H,5-7,17H2,1-4H3/b29-27+. The number of carbonyl (C=O) groups is 2. The minimum absolute atomic E-state index is 0.0425. The SMILES string of the molecule is CCCOc1cccc(/C(O)=C2\C(=O)C(=O)N(c3cc(C)ccc3O)C2c2ccc(N(CC)CC)cc2)c1. The van der Waals surface area contributed by atoms with Crippen molar-refractivity contribution in [3.05, 3.63) is 89.0 Å². The number of hydrogen-bond acceptors (Lipinski definition) is 6. The molecule has 198 valence electrons. The molecule has 7 heteroatoms. The largest absolute Gasteiger partial charge is 0.507 e. The van der Waals surface area contributed by atoms with Crippen LogP contribution in [0.15, 0.2) is 72.3 Å². The lowest BCUT2D eigenvalue weighted by Crippen LogP contribution is -2.29. The van der Waals surface area contributed by atoms with E-state index in [0.717, 1.165) is 30.8 Å². The van der Waals surface area contributed by atoms with Gasteiger partial charge < -0.3 is 19.8 Å². The van der Waals surface area contributed by atoms with Crippen LogP contribution in [0.3, 0.4) is 0 Å². The van der Waals surface area contributed by atoms with Crippen LogP contribution in [0.5, 0.6) is 11.5 Å². The first-order chi connectivity index (χ1) is 18.3. The molecule has 1 fully saturated rings. The van der Waals surface area contributed by atoms with E-state index >= 15 is 0 Å². The van der Waals surface area contributed by atoms with Gasteiger partial charge >= 0.3 is 0 Å². The van der Waals surface area contributed by atoms with Crippen molar-refractivity contribution in [3.63, 3.8) is 0 Å². The summed E-state index contributed by atoms with van der Waals surface area (Å²) in [5, 5.41) is 22.1. The van der Waals surface area contributed by atoms with Gasteiger partial charge in [-0.3, -0.25) is 14.5 Å². The van der Waals surface area contributed by atoms with Crippen LogP contribution in [0.4, 0.5) is 11.4 Å². The van der Waals surface area contributed by atoms with E-state index in [4.69, 9.17) is 4.74 Å². The number of nitrogens with zero attached hydrogens (tertiary/aromatic N) is 2. The highest BCUT2D eigenvalue weighted by molar-refractivity contribution is 6.52. The number of hydrogen-bond donors (Lipinski definition) is 2. The fraction of sp³-hybridized carbons (Fsp3) is 0.290. The number of rotatable bonds is 9. The van der Waals surface area contributed by atoms with E-state index in [0.29, 0.717) is 23.5 Å². The predicted molar refractivity (Wildman–Crippen MR) is 150 cm³/mol. The Balaban J connectivity index is 1.90. The molecule has 0 aliphatic carbocycles. The summed E-state index contributed by atoms with van der Waals surface area (Å²) in [7, 11) is 0. The number of aromatic hydroxyl groups is 1. The van der Waals surface area contributed by atoms with Crippen molar-refractivity contribution >= 4 is 28.8 Å². The highest BCUT2D eigenvalue weighted by atomic mass is 16.5. The normalized spacial score (nSPS) is 16.6. The molecule has 0 saturated carbocycles. The van der Waals surface area contributed by atoms with E-state index in [1.807, 2.05) is 38.1 Å². The Bertz CT molecular complexity index is 1360. The van der Waals surface area contributed by atoms with Crippen LogP contribution in [-0.2, 0) is 9.59 Å². The van der Waals surface area contributed by atoms with Gasteiger partial charge in [-0.1, -0.05) is 37.3 Å². The molecule has 3 aromatic carbocycles. The minimum atomic E-state index is -0.936. The second-order valence-corrected chi connectivity index (χ2v) is 9.30. The molecule has 0 radical (unpaired) electrons. The van der Waals surface area contributed by atoms with Crippen LogP contribution in [-0.4, -0.2) is 41.6 Å². The molecule has 1 saturated heterocycles. The Labute approximate surface area is 223 Å². The molecule has 0 aromatic heterocycles. The Kier molecular flexibility index (Phi) is 8.05. The zero-order valence-electron chi connectivity index (χ0n) is 22.3. The monoisotopic (exact) mass is 514 g/mol. The molecule has 2 N–H and O–H groups in total. The fourth-order valence-electron chi connectivity index (χ4n) is 4.79. The van der Waals surface area contributed by atoms with Crippen molar-refractivity contribution in [2.45, 2.75) is 40.2 Å². The average Bonchev–Trinajstić information content (AvgIpc) is 3.19. The van der Waals surface area contributed by atoms with Crippen molar-refractivity contribution in [3.8, 4) is 11.5 Å². The quantitative estimate of drug-likeness (QED) is 0.208. The summed E-state index contributed by atoms with van der Waals surface area (Å²) >= 11 is 0. The first kappa shape index (κ1) is 26.8. The van der Waals surface area contributed by atoms with E-state index in [-0.39, 0.29) is 22.8 Å². The molecule has 3 aromatic rings. The maximum atomic E-state index is 13.5. The Hall–Kier alpha value is -4.26. The third-order valence-electron chi connectivity index (χ3n) is 6.75. The van der Waals surface area contributed by atoms with Crippen molar-refractivity contribution in [2.75, 3.05) is 29.5 Å². The van der Waals surface area contributed by atoms with E-state index in [2.05, 4.69) is 18.7 Å². The maximum absolute atomic E-state index is 13.5. The van der Waals surface area contributed by atoms with Crippen LogP contribution >= 0.6 is 0 Å². The van der Waals surface area contributed by atoms with Crippen LogP contribution in [0, 0.1) is 6.92 Å². The Morgan fingerprint density at radius 2 is 1.68 bits per heavy atom. The van der Waals surface area contributed by atoms with E-state index in [1.165, 1.54) is 11.0 Å². The summed E-state index contributed by atoms with van der Waals surface area (Å²) < 4.78 is 5.71. The minimum Gasteiger partial charge on any atom is -0.507 e. The molecule has 1 heterocycles. The number of anilines is 2. The molecule has 1 atom stereocenters. The average molecular weight is 515 g/mol. The molecule has 1 aliphatic rings. The molecule has 4 rings (SSSR count). The van der Waals surface area contributed by atoms with Gasteiger partial charge in [-0.25, -0.2) is 0 Å². The Morgan fingerprint density at radius 3 is 2.34 bits per heavy atom. The van der Waals surface area contributed by atoms with Gasteiger partial charge in [0.05, 0.1) is 23.9 Å². The molecule has 1 unspecified atom stereocenters. The van der Waals surface area contributed by atoms with Gasteiger partial charge in [-0.2, -0.15) is 0 Å². The number of carbonyl (C=O) groups excluding carboxylic acids is 2.